The third-order valence-electron chi connectivity index (χ3n) is 3.75. The highest BCUT2D eigenvalue weighted by Crippen LogP contribution is 2.37. The van der Waals surface area contributed by atoms with Crippen molar-refractivity contribution in [1.29, 1.82) is 0 Å². The number of thioether (sulfide) groups is 1. The number of thiophene rings is 1. The first-order chi connectivity index (χ1) is 11.0. The average Bonchev–Trinajstić information content (AvgIpc) is 2.85. The predicted molar refractivity (Wildman–Crippen MR) is 96.2 cm³/mol. The van der Waals surface area contributed by atoms with Gasteiger partial charge in [-0.25, -0.2) is 4.98 Å². The van der Waals surface area contributed by atoms with E-state index in [2.05, 4.69) is 12.5 Å². The zero-order valence-corrected chi connectivity index (χ0v) is 14.9. The van der Waals surface area contributed by atoms with E-state index >= 15 is 0 Å². The van der Waals surface area contributed by atoms with Crippen molar-refractivity contribution in [2.24, 2.45) is 0 Å². The van der Waals surface area contributed by atoms with Gasteiger partial charge in [0.05, 0.1) is 23.3 Å². The van der Waals surface area contributed by atoms with Crippen LogP contribution in [0.4, 0.5) is 0 Å². The number of terminal acetylenes is 1. The molecule has 2 aromatic rings. The average molecular weight is 346 g/mol. The second-order valence-corrected chi connectivity index (χ2v) is 8.03. The Morgan fingerprint density at radius 2 is 2.39 bits per heavy atom. The molecule has 120 valence electrons. The molecule has 0 fully saturated rings. The highest BCUT2D eigenvalue weighted by Gasteiger charge is 2.31. The van der Waals surface area contributed by atoms with E-state index in [-0.39, 0.29) is 11.2 Å². The Bertz CT molecular complexity index is 871. The van der Waals surface area contributed by atoms with Crippen LogP contribution in [0.25, 0.3) is 10.2 Å². The molecule has 0 atom stereocenters. The second-order valence-electron chi connectivity index (χ2n) is 6.00. The maximum absolute atomic E-state index is 13.0. The van der Waals surface area contributed by atoms with Crippen LogP contribution in [0.2, 0.25) is 0 Å². The molecule has 0 aromatic carbocycles. The van der Waals surface area contributed by atoms with Crippen LogP contribution in [0.15, 0.2) is 22.6 Å². The van der Waals surface area contributed by atoms with E-state index in [4.69, 9.17) is 16.1 Å². The molecule has 0 amide bonds. The molecule has 2 aromatic heterocycles. The number of allylic oxidation sites excluding steroid dienone is 1. The van der Waals surface area contributed by atoms with E-state index < -0.39 is 0 Å². The summed E-state index contributed by atoms with van der Waals surface area (Å²) in [6.45, 7) is 8.81. The summed E-state index contributed by atoms with van der Waals surface area (Å²) in [5.41, 5.74) is 0.822. The van der Waals surface area contributed by atoms with Gasteiger partial charge >= 0.3 is 0 Å². The Morgan fingerprint density at radius 1 is 1.61 bits per heavy atom. The standard InChI is InChI=1S/C17H18N2O2S2/c1-5-7-19-15(20)13-11-9-17(3,4)21-10-12(11)23-14(13)18-16(19)22-8-6-2/h2,5H,1,7-10H2,3-4H3. The van der Waals surface area contributed by atoms with Crippen LogP contribution in [-0.2, 0) is 24.3 Å². The van der Waals surface area contributed by atoms with Gasteiger partial charge < -0.3 is 4.74 Å². The van der Waals surface area contributed by atoms with Gasteiger partial charge in [-0.15, -0.1) is 24.3 Å². The number of aromatic nitrogens is 2. The Balaban J connectivity index is 2.23. The molecule has 4 nitrogen and oxygen atoms in total. The predicted octanol–water partition coefficient (Wildman–Crippen LogP) is 3.22. The molecule has 0 bridgehead atoms. The fourth-order valence-electron chi connectivity index (χ4n) is 2.71. The van der Waals surface area contributed by atoms with Crippen molar-refractivity contribution < 1.29 is 4.74 Å². The highest BCUT2D eigenvalue weighted by molar-refractivity contribution is 7.99. The van der Waals surface area contributed by atoms with Crippen LogP contribution in [0.5, 0.6) is 0 Å². The van der Waals surface area contributed by atoms with Gasteiger partial charge in [0, 0.05) is 17.8 Å². The largest absolute Gasteiger partial charge is 0.370 e. The number of fused-ring (bicyclic) bond motifs is 3. The molecular weight excluding hydrogens is 328 g/mol. The Morgan fingerprint density at radius 3 is 3.09 bits per heavy atom. The van der Waals surface area contributed by atoms with Crippen LogP contribution in [0, 0.1) is 12.3 Å². The number of rotatable bonds is 4. The first-order valence-corrected chi connectivity index (χ1v) is 9.13. The van der Waals surface area contributed by atoms with Crippen molar-refractivity contribution in [1.82, 2.24) is 9.55 Å². The van der Waals surface area contributed by atoms with Crippen molar-refractivity contribution in [2.75, 3.05) is 5.75 Å². The van der Waals surface area contributed by atoms with Gasteiger partial charge in [0.1, 0.15) is 4.83 Å². The van der Waals surface area contributed by atoms with E-state index in [0.717, 1.165) is 27.1 Å². The third-order valence-corrected chi connectivity index (χ3v) is 5.73. The Labute approximate surface area is 143 Å². The summed E-state index contributed by atoms with van der Waals surface area (Å²) < 4.78 is 7.52. The van der Waals surface area contributed by atoms with E-state index in [1.54, 1.807) is 22.0 Å². The number of hydrogen-bond acceptors (Lipinski definition) is 5. The summed E-state index contributed by atoms with van der Waals surface area (Å²) >= 11 is 2.95. The molecule has 0 saturated heterocycles. The van der Waals surface area contributed by atoms with Gasteiger partial charge in [0.2, 0.25) is 0 Å². The van der Waals surface area contributed by atoms with Gasteiger partial charge in [0.25, 0.3) is 5.56 Å². The van der Waals surface area contributed by atoms with Crippen LogP contribution in [0.3, 0.4) is 0 Å². The number of nitrogens with zero attached hydrogens (tertiary/aromatic N) is 2. The van der Waals surface area contributed by atoms with E-state index in [0.29, 0.717) is 24.1 Å². The fourth-order valence-corrected chi connectivity index (χ4v) is 4.55. The van der Waals surface area contributed by atoms with Crippen molar-refractivity contribution in [3.8, 4) is 12.3 Å². The van der Waals surface area contributed by atoms with Gasteiger partial charge in [-0.3, -0.25) is 9.36 Å². The Kier molecular flexibility index (Phi) is 4.37. The zero-order valence-electron chi connectivity index (χ0n) is 13.2. The van der Waals surface area contributed by atoms with E-state index in [1.165, 1.54) is 11.8 Å². The lowest BCUT2D eigenvalue weighted by atomic mass is 9.94. The summed E-state index contributed by atoms with van der Waals surface area (Å²) in [6.07, 6.45) is 7.78. The number of hydrogen-bond donors (Lipinski definition) is 0. The minimum Gasteiger partial charge on any atom is -0.370 e. The normalized spacial score (nSPS) is 16.0. The summed E-state index contributed by atoms with van der Waals surface area (Å²) in [4.78, 5) is 19.6. The molecule has 1 aliphatic rings. The molecule has 1 aliphatic heterocycles. The van der Waals surface area contributed by atoms with Crippen LogP contribution >= 0.6 is 23.1 Å². The maximum Gasteiger partial charge on any atom is 0.263 e. The highest BCUT2D eigenvalue weighted by atomic mass is 32.2. The molecule has 0 radical (unpaired) electrons. The van der Waals surface area contributed by atoms with Gasteiger partial charge in [-0.1, -0.05) is 23.8 Å². The van der Waals surface area contributed by atoms with Crippen LogP contribution < -0.4 is 5.56 Å². The van der Waals surface area contributed by atoms with Crippen LogP contribution in [-0.4, -0.2) is 20.9 Å². The smallest absolute Gasteiger partial charge is 0.263 e. The fraction of sp³-hybridized carbons (Fsp3) is 0.412. The van der Waals surface area contributed by atoms with Gasteiger partial charge in [0.15, 0.2) is 5.16 Å². The lowest BCUT2D eigenvalue weighted by Gasteiger charge is -2.29. The minimum absolute atomic E-state index is 0.00961. The molecule has 0 unspecified atom stereocenters. The molecule has 3 rings (SSSR count). The number of ether oxygens (including phenoxy) is 1. The van der Waals surface area contributed by atoms with E-state index in [1.807, 2.05) is 13.8 Å². The molecule has 3 heterocycles. The maximum atomic E-state index is 13.0. The zero-order chi connectivity index (χ0) is 16.6. The molecule has 0 spiro atoms. The van der Waals surface area contributed by atoms with Crippen molar-refractivity contribution >= 4 is 33.3 Å². The second kappa shape index (κ2) is 6.16. The van der Waals surface area contributed by atoms with Crippen molar-refractivity contribution in [3.63, 3.8) is 0 Å². The van der Waals surface area contributed by atoms with Crippen LogP contribution in [0.1, 0.15) is 24.3 Å². The summed E-state index contributed by atoms with van der Waals surface area (Å²) in [6, 6.07) is 0. The summed E-state index contributed by atoms with van der Waals surface area (Å²) in [5.74, 6) is 3.06. The topological polar surface area (TPSA) is 44.1 Å². The summed E-state index contributed by atoms with van der Waals surface area (Å²) in [7, 11) is 0. The molecule has 0 N–H and O–H groups in total. The lowest BCUT2D eigenvalue weighted by Crippen LogP contribution is -2.32. The minimum atomic E-state index is -0.256. The first-order valence-electron chi connectivity index (χ1n) is 7.33. The first kappa shape index (κ1) is 16.3. The molecule has 6 heteroatoms. The summed E-state index contributed by atoms with van der Waals surface area (Å²) in [5, 5.41) is 1.38. The molecule has 0 saturated carbocycles. The van der Waals surface area contributed by atoms with E-state index in [9.17, 15) is 4.79 Å². The van der Waals surface area contributed by atoms with Crippen molar-refractivity contribution in [3.05, 3.63) is 33.4 Å². The Hall–Kier alpha value is -1.55. The molecule has 23 heavy (non-hydrogen) atoms. The van der Waals surface area contributed by atoms with Crippen molar-refractivity contribution in [2.45, 2.75) is 44.2 Å². The lowest BCUT2D eigenvalue weighted by molar-refractivity contribution is -0.0379. The monoisotopic (exact) mass is 346 g/mol. The SMILES string of the molecule is C#CCSc1nc2sc3c(c2c(=O)n1CC=C)CC(C)(C)OC3. The molecular formula is C17H18N2O2S2. The quantitative estimate of drug-likeness (QED) is 0.369. The van der Waals surface area contributed by atoms with Gasteiger partial charge in [-0.2, -0.15) is 0 Å². The third kappa shape index (κ3) is 2.97. The molecule has 0 aliphatic carbocycles. The van der Waals surface area contributed by atoms with Gasteiger partial charge in [-0.05, 0) is 19.4 Å².